The number of rotatable bonds is 3. The third-order valence-corrected chi connectivity index (χ3v) is 4.73. The molecular formula is C15H15F2N3OS. The highest BCUT2D eigenvalue weighted by molar-refractivity contribution is 7.13. The molecule has 1 saturated heterocycles. The number of carbonyl (C=O) groups excluding carboxylic acids is 1. The van der Waals surface area contributed by atoms with Crippen LogP contribution in [0.15, 0.2) is 23.8 Å². The largest absolute Gasteiger partial charge is 0.335 e. The van der Waals surface area contributed by atoms with Crippen molar-refractivity contribution in [3.63, 3.8) is 0 Å². The fraction of sp³-hybridized carbons (Fsp3) is 0.400. The number of hydrogen-bond donors (Lipinski definition) is 0. The average molecular weight is 323 g/mol. The molecule has 1 amide bonds. The van der Waals surface area contributed by atoms with E-state index < -0.39 is 6.43 Å². The van der Waals surface area contributed by atoms with Crippen LogP contribution < -0.4 is 0 Å². The highest BCUT2D eigenvalue weighted by atomic mass is 32.1. The predicted molar refractivity (Wildman–Crippen MR) is 80.0 cm³/mol. The number of pyridine rings is 1. The van der Waals surface area contributed by atoms with E-state index in [1.165, 1.54) is 29.8 Å². The zero-order valence-corrected chi connectivity index (χ0v) is 12.8. The quantitative estimate of drug-likeness (QED) is 0.864. The van der Waals surface area contributed by atoms with Crippen molar-refractivity contribution in [2.75, 3.05) is 6.54 Å². The van der Waals surface area contributed by atoms with Crippen LogP contribution in [0.3, 0.4) is 0 Å². The van der Waals surface area contributed by atoms with Gasteiger partial charge in [0.1, 0.15) is 10.7 Å². The van der Waals surface area contributed by atoms with Gasteiger partial charge in [0, 0.05) is 41.5 Å². The summed E-state index contributed by atoms with van der Waals surface area (Å²) in [5.74, 6) is -0.130. The SMILES string of the molecule is CC1CCCN1C(=O)c1csc(-c2cnccc2C(F)F)n1. The van der Waals surface area contributed by atoms with E-state index in [0.717, 1.165) is 19.4 Å². The molecule has 4 nitrogen and oxygen atoms in total. The summed E-state index contributed by atoms with van der Waals surface area (Å²) in [5.41, 5.74) is 0.492. The highest BCUT2D eigenvalue weighted by Gasteiger charge is 2.28. The van der Waals surface area contributed by atoms with E-state index in [9.17, 15) is 13.6 Å². The van der Waals surface area contributed by atoms with Gasteiger partial charge in [0.25, 0.3) is 12.3 Å². The molecule has 2 aromatic heterocycles. The van der Waals surface area contributed by atoms with Crippen molar-refractivity contribution in [1.82, 2.24) is 14.9 Å². The first kappa shape index (κ1) is 15.0. The second-order valence-electron chi connectivity index (χ2n) is 5.29. The Bertz CT molecular complexity index is 689. The van der Waals surface area contributed by atoms with Crippen molar-refractivity contribution >= 4 is 17.2 Å². The first-order valence-electron chi connectivity index (χ1n) is 7.07. The molecule has 1 fully saturated rings. The molecule has 7 heteroatoms. The lowest BCUT2D eigenvalue weighted by Crippen LogP contribution is -2.33. The van der Waals surface area contributed by atoms with Crippen LogP contribution in [-0.4, -0.2) is 33.4 Å². The molecule has 2 aromatic rings. The van der Waals surface area contributed by atoms with Crippen LogP contribution in [0.25, 0.3) is 10.6 Å². The van der Waals surface area contributed by atoms with Gasteiger partial charge < -0.3 is 4.90 Å². The number of likely N-dealkylation sites (tertiary alicyclic amines) is 1. The van der Waals surface area contributed by atoms with E-state index in [1.807, 2.05) is 6.92 Å². The van der Waals surface area contributed by atoms with Gasteiger partial charge in [-0.3, -0.25) is 9.78 Å². The van der Waals surface area contributed by atoms with Gasteiger partial charge in [-0.2, -0.15) is 0 Å². The fourth-order valence-corrected chi connectivity index (χ4v) is 3.48. The van der Waals surface area contributed by atoms with Crippen LogP contribution in [-0.2, 0) is 0 Å². The maximum atomic E-state index is 13.0. The minimum Gasteiger partial charge on any atom is -0.335 e. The number of nitrogens with zero attached hydrogens (tertiary/aromatic N) is 3. The van der Waals surface area contributed by atoms with Crippen molar-refractivity contribution in [3.8, 4) is 10.6 Å². The first-order chi connectivity index (χ1) is 10.6. The normalized spacial score (nSPS) is 18.2. The molecule has 0 bridgehead atoms. The number of carbonyl (C=O) groups is 1. The molecule has 0 spiro atoms. The molecule has 3 heterocycles. The topological polar surface area (TPSA) is 46.1 Å². The van der Waals surface area contributed by atoms with Gasteiger partial charge >= 0.3 is 0 Å². The van der Waals surface area contributed by atoms with Gasteiger partial charge in [0.15, 0.2) is 0 Å². The molecule has 22 heavy (non-hydrogen) atoms. The number of hydrogen-bond acceptors (Lipinski definition) is 4. The molecule has 1 unspecified atom stereocenters. The van der Waals surface area contributed by atoms with Crippen molar-refractivity contribution in [2.45, 2.75) is 32.2 Å². The Morgan fingerprint density at radius 3 is 3.00 bits per heavy atom. The van der Waals surface area contributed by atoms with E-state index in [1.54, 1.807) is 10.3 Å². The molecular weight excluding hydrogens is 308 g/mol. The maximum absolute atomic E-state index is 13.0. The lowest BCUT2D eigenvalue weighted by Gasteiger charge is -2.19. The fourth-order valence-electron chi connectivity index (χ4n) is 2.65. The zero-order chi connectivity index (χ0) is 15.7. The number of thiazole rings is 1. The average Bonchev–Trinajstić information content (AvgIpc) is 3.15. The van der Waals surface area contributed by atoms with Crippen LogP contribution in [0.4, 0.5) is 8.78 Å². The molecule has 3 rings (SSSR count). The molecule has 1 atom stereocenters. The summed E-state index contributed by atoms with van der Waals surface area (Å²) in [7, 11) is 0. The number of amides is 1. The molecule has 0 aliphatic carbocycles. The highest BCUT2D eigenvalue weighted by Crippen LogP contribution is 2.32. The zero-order valence-electron chi connectivity index (χ0n) is 12.0. The predicted octanol–water partition coefficient (Wildman–Crippen LogP) is 3.77. The number of halogens is 2. The van der Waals surface area contributed by atoms with Gasteiger partial charge in [0.2, 0.25) is 0 Å². The van der Waals surface area contributed by atoms with Gasteiger partial charge in [-0.25, -0.2) is 13.8 Å². The summed E-state index contributed by atoms with van der Waals surface area (Å²) in [6.45, 7) is 2.73. The van der Waals surface area contributed by atoms with Gasteiger partial charge in [-0.05, 0) is 25.8 Å². The second kappa shape index (κ2) is 6.08. The van der Waals surface area contributed by atoms with Crippen LogP contribution in [0.5, 0.6) is 0 Å². The van der Waals surface area contributed by atoms with E-state index in [2.05, 4.69) is 9.97 Å². The van der Waals surface area contributed by atoms with Gasteiger partial charge in [0.05, 0.1) is 0 Å². The number of alkyl halides is 2. The van der Waals surface area contributed by atoms with Gasteiger partial charge in [-0.1, -0.05) is 0 Å². The van der Waals surface area contributed by atoms with Crippen molar-refractivity contribution in [1.29, 1.82) is 0 Å². The molecule has 0 aromatic carbocycles. The summed E-state index contributed by atoms with van der Waals surface area (Å²) in [4.78, 5) is 22.4. The Morgan fingerprint density at radius 2 is 2.32 bits per heavy atom. The van der Waals surface area contributed by atoms with Crippen LogP contribution >= 0.6 is 11.3 Å². The summed E-state index contributed by atoms with van der Waals surface area (Å²) in [6.07, 6.45) is 2.08. The molecule has 1 aliphatic heterocycles. The second-order valence-corrected chi connectivity index (χ2v) is 6.15. The molecule has 1 aliphatic rings. The van der Waals surface area contributed by atoms with Crippen molar-refractivity contribution < 1.29 is 13.6 Å². The molecule has 0 radical (unpaired) electrons. The number of aromatic nitrogens is 2. The van der Waals surface area contributed by atoms with Crippen LogP contribution in [0.1, 0.15) is 42.2 Å². The third kappa shape index (κ3) is 2.72. The maximum Gasteiger partial charge on any atom is 0.273 e. The van der Waals surface area contributed by atoms with Gasteiger partial charge in [-0.15, -0.1) is 11.3 Å². The van der Waals surface area contributed by atoms with Crippen molar-refractivity contribution in [3.05, 3.63) is 35.1 Å². The van der Waals surface area contributed by atoms with Crippen LogP contribution in [0, 0.1) is 0 Å². The monoisotopic (exact) mass is 323 g/mol. The van der Waals surface area contributed by atoms with Crippen LogP contribution in [0.2, 0.25) is 0 Å². The van der Waals surface area contributed by atoms with Crippen molar-refractivity contribution in [2.24, 2.45) is 0 Å². The Hall–Kier alpha value is -1.89. The van der Waals surface area contributed by atoms with E-state index in [4.69, 9.17) is 0 Å². The Labute approximate surface area is 130 Å². The third-order valence-electron chi connectivity index (χ3n) is 3.86. The minimum absolute atomic E-state index is 0.113. The van der Waals surface area contributed by atoms with E-state index in [-0.39, 0.29) is 23.1 Å². The minimum atomic E-state index is -2.60. The molecule has 116 valence electrons. The molecule has 0 saturated carbocycles. The lowest BCUT2D eigenvalue weighted by molar-refractivity contribution is 0.0742. The standard InChI is InChI=1S/C15H15F2N3OS/c1-9-3-2-6-20(9)15(21)12-8-22-14(19-12)11-7-18-5-4-10(11)13(16)17/h4-5,7-9,13H,2-3,6H2,1H3. The van der Waals surface area contributed by atoms with E-state index in [0.29, 0.717) is 10.7 Å². The lowest BCUT2D eigenvalue weighted by atomic mass is 10.1. The summed E-state index contributed by atoms with van der Waals surface area (Å²) < 4.78 is 26.1. The summed E-state index contributed by atoms with van der Waals surface area (Å²) in [5, 5.41) is 2.03. The Balaban J connectivity index is 1.90. The Morgan fingerprint density at radius 1 is 1.50 bits per heavy atom. The summed E-state index contributed by atoms with van der Waals surface area (Å²) >= 11 is 1.19. The molecule has 0 N–H and O–H groups in total. The van der Waals surface area contributed by atoms with E-state index >= 15 is 0 Å². The first-order valence-corrected chi connectivity index (χ1v) is 7.95. The summed E-state index contributed by atoms with van der Waals surface area (Å²) in [6, 6.07) is 1.48. The smallest absolute Gasteiger partial charge is 0.273 e. The Kier molecular flexibility index (Phi) is 4.15.